The van der Waals surface area contributed by atoms with Crippen LogP contribution in [0.25, 0.3) is 0 Å². The molecule has 0 aromatic carbocycles. The summed E-state index contributed by atoms with van der Waals surface area (Å²) in [5.74, 6) is 1.51. The molecule has 0 saturated heterocycles. The Labute approximate surface area is 116 Å². The molecule has 0 unspecified atom stereocenters. The zero-order valence-electron chi connectivity index (χ0n) is 10.7. The fourth-order valence-corrected chi connectivity index (χ4v) is 2.75. The lowest BCUT2D eigenvalue weighted by molar-refractivity contribution is 1.01. The first-order chi connectivity index (χ1) is 8.60. The van der Waals surface area contributed by atoms with Gasteiger partial charge in [-0.05, 0) is 32.4 Å². The number of hydrogen-bond acceptors (Lipinski definition) is 4. The molecule has 0 aliphatic carbocycles. The average Bonchev–Trinajstić information content (AvgIpc) is 2.80. The van der Waals surface area contributed by atoms with Crippen LogP contribution in [0.5, 0.6) is 0 Å². The molecular formula is C13H16ClN3S. The van der Waals surface area contributed by atoms with Crippen LogP contribution in [0.1, 0.15) is 28.1 Å². The minimum Gasteiger partial charge on any atom is -0.365 e. The molecule has 1 N–H and O–H groups in total. The second-order valence-electron chi connectivity index (χ2n) is 4.11. The minimum absolute atomic E-state index is 0.519. The van der Waals surface area contributed by atoms with Gasteiger partial charge in [-0.2, -0.15) is 0 Å². The van der Waals surface area contributed by atoms with E-state index in [2.05, 4.69) is 34.3 Å². The van der Waals surface area contributed by atoms with Crippen molar-refractivity contribution in [2.24, 2.45) is 0 Å². The van der Waals surface area contributed by atoms with E-state index in [-0.39, 0.29) is 0 Å². The van der Waals surface area contributed by atoms with Gasteiger partial charge in [0, 0.05) is 15.3 Å². The number of thiophene rings is 1. The molecule has 0 atom stereocenters. The lowest BCUT2D eigenvalue weighted by Gasteiger charge is -2.09. The first-order valence-electron chi connectivity index (χ1n) is 5.92. The Morgan fingerprint density at radius 1 is 1.22 bits per heavy atom. The van der Waals surface area contributed by atoms with E-state index in [0.717, 1.165) is 24.3 Å². The first-order valence-corrected chi connectivity index (χ1v) is 7.11. The number of rotatable bonds is 4. The van der Waals surface area contributed by atoms with E-state index >= 15 is 0 Å². The molecule has 3 nitrogen and oxygen atoms in total. The molecule has 2 heterocycles. The normalized spacial score (nSPS) is 10.7. The summed E-state index contributed by atoms with van der Waals surface area (Å²) in [7, 11) is 0. The monoisotopic (exact) mass is 281 g/mol. The van der Waals surface area contributed by atoms with E-state index in [1.807, 2.05) is 25.2 Å². The number of hydrogen-bond donors (Lipinski definition) is 1. The summed E-state index contributed by atoms with van der Waals surface area (Å²) in [6.45, 7) is 6.71. The first kappa shape index (κ1) is 13.3. The van der Waals surface area contributed by atoms with Crippen LogP contribution in [0.4, 0.5) is 5.82 Å². The maximum Gasteiger partial charge on any atom is 0.137 e. The van der Waals surface area contributed by atoms with Gasteiger partial charge in [-0.3, -0.25) is 0 Å². The standard InChI is InChI=1S/C13H16ClN3S/c1-4-10-5-6-11(18-10)7-15-13-8(2)12(14)16-9(3)17-13/h5-6H,4,7H2,1-3H3,(H,15,16,17). The lowest BCUT2D eigenvalue weighted by Crippen LogP contribution is -2.04. The highest BCUT2D eigenvalue weighted by molar-refractivity contribution is 7.12. The second kappa shape index (κ2) is 5.67. The molecule has 5 heteroatoms. The number of nitrogens with zero attached hydrogens (tertiary/aromatic N) is 2. The molecule has 18 heavy (non-hydrogen) atoms. The Morgan fingerprint density at radius 3 is 2.61 bits per heavy atom. The third kappa shape index (κ3) is 3.00. The van der Waals surface area contributed by atoms with E-state index in [9.17, 15) is 0 Å². The molecule has 0 aliphatic heterocycles. The fourth-order valence-electron chi connectivity index (χ4n) is 1.64. The van der Waals surface area contributed by atoms with Crippen molar-refractivity contribution < 1.29 is 0 Å². The number of aromatic nitrogens is 2. The van der Waals surface area contributed by atoms with Crippen LogP contribution in [0.2, 0.25) is 5.15 Å². The van der Waals surface area contributed by atoms with Gasteiger partial charge in [0.05, 0.1) is 6.54 Å². The Kier molecular flexibility index (Phi) is 4.19. The van der Waals surface area contributed by atoms with Crippen molar-refractivity contribution in [1.82, 2.24) is 9.97 Å². The molecule has 0 radical (unpaired) electrons. The van der Waals surface area contributed by atoms with Crippen molar-refractivity contribution in [2.75, 3.05) is 5.32 Å². The van der Waals surface area contributed by atoms with Gasteiger partial charge in [-0.1, -0.05) is 18.5 Å². The molecule has 0 spiro atoms. The molecule has 2 aromatic rings. The molecule has 2 rings (SSSR count). The van der Waals surface area contributed by atoms with Crippen molar-refractivity contribution in [3.63, 3.8) is 0 Å². The molecular weight excluding hydrogens is 266 g/mol. The van der Waals surface area contributed by atoms with Crippen molar-refractivity contribution in [3.8, 4) is 0 Å². The van der Waals surface area contributed by atoms with Crippen LogP contribution in [0, 0.1) is 13.8 Å². The van der Waals surface area contributed by atoms with Crippen LogP contribution in [-0.2, 0) is 13.0 Å². The average molecular weight is 282 g/mol. The Hall–Kier alpha value is -1.13. The molecule has 0 aliphatic rings. The summed E-state index contributed by atoms with van der Waals surface area (Å²) in [5.41, 5.74) is 0.898. The van der Waals surface area contributed by atoms with E-state index in [1.54, 1.807) is 0 Å². The van der Waals surface area contributed by atoms with E-state index in [1.165, 1.54) is 9.75 Å². The van der Waals surface area contributed by atoms with Crippen molar-refractivity contribution in [3.05, 3.63) is 38.4 Å². The highest BCUT2D eigenvalue weighted by atomic mass is 35.5. The van der Waals surface area contributed by atoms with Crippen LogP contribution in [0.3, 0.4) is 0 Å². The maximum absolute atomic E-state index is 6.04. The summed E-state index contributed by atoms with van der Waals surface area (Å²) < 4.78 is 0. The van der Waals surface area contributed by atoms with Gasteiger partial charge in [-0.15, -0.1) is 11.3 Å². The van der Waals surface area contributed by atoms with Gasteiger partial charge in [0.1, 0.15) is 16.8 Å². The van der Waals surface area contributed by atoms with Crippen LogP contribution >= 0.6 is 22.9 Å². The number of halogens is 1. The summed E-state index contributed by atoms with van der Waals surface area (Å²) in [5, 5.41) is 3.84. The third-order valence-electron chi connectivity index (χ3n) is 2.69. The van der Waals surface area contributed by atoms with Gasteiger partial charge in [0.25, 0.3) is 0 Å². The molecule has 96 valence electrons. The molecule has 0 fully saturated rings. The van der Waals surface area contributed by atoms with Crippen molar-refractivity contribution in [2.45, 2.75) is 33.7 Å². The van der Waals surface area contributed by atoms with E-state index in [0.29, 0.717) is 11.0 Å². The minimum atomic E-state index is 0.519. The van der Waals surface area contributed by atoms with Gasteiger partial charge >= 0.3 is 0 Å². The molecule has 2 aromatic heterocycles. The Bertz CT molecular complexity index is 551. The van der Waals surface area contributed by atoms with E-state index in [4.69, 9.17) is 11.6 Å². The number of anilines is 1. The predicted molar refractivity (Wildman–Crippen MR) is 77.5 cm³/mol. The second-order valence-corrected chi connectivity index (χ2v) is 5.72. The molecule has 0 saturated carbocycles. The predicted octanol–water partition coefficient (Wildman–Crippen LogP) is 3.98. The summed E-state index contributed by atoms with van der Waals surface area (Å²) >= 11 is 7.87. The van der Waals surface area contributed by atoms with Gasteiger partial charge in [0.2, 0.25) is 0 Å². The van der Waals surface area contributed by atoms with Gasteiger partial charge in [0.15, 0.2) is 0 Å². The summed E-state index contributed by atoms with van der Waals surface area (Å²) in [6.07, 6.45) is 1.09. The van der Waals surface area contributed by atoms with E-state index < -0.39 is 0 Å². The van der Waals surface area contributed by atoms with Crippen LogP contribution < -0.4 is 5.32 Å². The third-order valence-corrected chi connectivity index (χ3v) is 4.29. The number of nitrogens with one attached hydrogen (secondary N) is 1. The Morgan fingerprint density at radius 2 is 1.94 bits per heavy atom. The van der Waals surface area contributed by atoms with Crippen molar-refractivity contribution >= 4 is 28.8 Å². The highest BCUT2D eigenvalue weighted by Crippen LogP contribution is 2.22. The zero-order valence-corrected chi connectivity index (χ0v) is 12.3. The van der Waals surface area contributed by atoms with Crippen molar-refractivity contribution in [1.29, 1.82) is 0 Å². The van der Waals surface area contributed by atoms with Crippen LogP contribution in [0.15, 0.2) is 12.1 Å². The fraction of sp³-hybridized carbons (Fsp3) is 0.385. The van der Waals surface area contributed by atoms with Gasteiger partial charge in [-0.25, -0.2) is 9.97 Å². The maximum atomic E-state index is 6.04. The summed E-state index contributed by atoms with van der Waals surface area (Å²) in [4.78, 5) is 11.2. The smallest absolute Gasteiger partial charge is 0.137 e. The molecule has 0 bridgehead atoms. The topological polar surface area (TPSA) is 37.8 Å². The zero-order chi connectivity index (χ0) is 13.1. The number of aryl methyl sites for hydroxylation is 2. The molecule has 0 amide bonds. The SMILES string of the molecule is CCc1ccc(CNc2nc(C)nc(Cl)c2C)s1. The largest absolute Gasteiger partial charge is 0.365 e. The van der Waals surface area contributed by atoms with Crippen LogP contribution in [-0.4, -0.2) is 9.97 Å². The quantitative estimate of drug-likeness (QED) is 0.862. The Balaban J connectivity index is 2.10. The highest BCUT2D eigenvalue weighted by Gasteiger charge is 2.07. The van der Waals surface area contributed by atoms with Gasteiger partial charge < -0.3 is 5.32 Å². The lowest BCUT2D eigenvalue weighted by atomic mass is 10.3. The summed E-state index contributed by atoms with van der Waals surface area (Å²) in [6, 6.07) is 4.33.